The number of anilines is 1. The fourth-order valence-corrected chi connectivity index (χ4v) is 3.14. The number of para-hydroxylation sites is 1. The van der Waals surface area contributed by atoms with E-state index in [1.165, 1.54) is 0 Å². The number of carbonyl (C=O) groups excluding carboxylic acids is 1. The molecule has 1 heterocycles. The third-order valence-electron chi connectivity index (χ3n) is 4.23. The molecule has 1 amide bonds. The standard InChI is InChI=1S/C19H22N2O3/c20-19(23)17-8-4-10-18-16(17)9-5-11-21(18)12-14(22)13-24-15-6-2-1-3-7-15/h1-4,6-8,10,14,22H,5,9,11-13H2,(H2,20,23). The number of primary amides is 1. The fourth-order valence-electron chi connectivity index (χ4n) is 3.14. The summed E-state index contributed by atoms with van der Waals surface area (Å²) in [5, 5.41) is 10.3. The molecule has 0 saturated carbocycles. The van der Waals surface area contributed by atoms with Crippen LogP contribution >= 0.6 is 0 Å². The number of benzene rings is 2. The highest BCUT2D eigenvalue weighted by molar-refractivity contribution is 5.96. The van der Waals surface area contributed by atoms with Crippen molar-refractivity contribution in [3.05, 3.63) is 59.7 Å². The Hall–Kier alpha value is -2.53. The van der Waals surface area contributed by atoms with E-state index in [0.717, 1.165) is 36.4 Å². The summed E-state index contributed by atoms with van der Waals surface area (Å²) in [6, 6.07) is 15.0. The van der Waals surface area contributed by atoms with Crippen LogP contribution in [0.4, 0.5) is 5.69 Å². The first-order chi connectivity index (χ1) is 11.6. The minimum atomic E-state index is -0.617. The van der Waals surface area contributed by atoms with E-state index in [1.807, 2.05) is 42.5 Å². The number of ether oxygens (including phenoxy) is 1. The Kier molecular flexibility index (Phi) is 5.01. The van der Waals surface area contributed by atoms with E-state index in [1.54, 1.807) is 6.07 Å². The number of hydrogen-bond donors (Lipinski definition) is 2. The number of amides is 1. The number of rotatable bonds is 6. The minimum Gasteiger partial charge on any atom is -0.491 e. The molecule has 0 bridgehead atoms. The normalized spacial score (nSPS) is 14.8. The summed E-state index contributed by atoms with van der Waals surface area (Å²) in [6.45, 7) is 1.53. The molecule has 0 aromatic heterocycles. The quantitative estimate of drug-likeness (QED) is 0.851. The highest BCUT2D eigenvalue weighted by atomic mass is 16.5. The summed E-state index contributed by atoms with van der Waals surface area (Å²) in [5.41, 5.74) is 8.01. The molecule has 5 nitrogen and oxygen atoms in total. The number of hydrogen-bond acceptors (Lipinski definition) is 4. The molecule has 126 valence electrons. The van der Waals surface area contributed by atoms with Crippen LogP contribution in [0.2, 0.25) is 0 Å². The van der Waals surface area contributed by atoms with Crippen molar-refractivity contribution in [1.29, 1.82) is 0 Å². The van der Waals surface area contributed by atoms with Gasteiger partial charge < -0.3 is 20.5 Å². The second kappa shape index (κ2) is 7.36. The number of β-amino-alcohol motifs (C(OH)–C–C–N with tert-alkyl or cyclic N) is 1. The summed E-state index contributed by atoms with van der Waals surface area (Å²) in [4.78, 5) is 13.7. The average molecular weight is 326 g/mol. The fraction of sp³-hybridized carbons (Fsp3) is 0.316. The Labute approximate surface area is 141 Å². The molecule has 24 heavy (non-hydrogen) atoms. The van der Waals surface area contributed by atoms with Crippen LogP contribution in [0.3, 0.4) is 0 Å². The molecule has 3 N–H and O–H groups in total. The molecule has 0 saturated heterocycles. The molecule has 0 radical (unpaired) electrons. The van der Waals surface area contributed by atoms with Crippen molar-refractivity contribution in [1.82, 2.24) is 0 Å². The molecule has 2 aromatic rings. The molecule has 1 aliphatic heterocycles. The van der Waals surface area contributed by atoms with Crippen LogP contribution in [0.25, 0.3) is 0 Å². The van der Waals surface area contributed by atoms with Gasteiger partial charge in [-0.3, -0.25) is 4.79 Å². The van der Waals surface area contributed by atoms with Crippen LogP contribution in [0.5, 0.6) is 5.75 Å². The predicted molar refractivity (Wildman–Crippen MR) is 93.4 cm³/mol. The average Bonchev–Trinajstić information content (AvgIpc) is 2.60. The van der Waals surface area contributed by atoms with Crippen LogP contribution in [-0.2, 0) is 6.42 Å². The van der Waals surface area contributed by atoms with Gasteiger partial charge in [0, 0.05) is 24.3 Å². The molecular formula is C19H22N2O3. The second-order valence-electron chi connectivity index (χ2n) is 5.99. The van der Waals surface area contributed by atoms with Gasteiger partial charge in [-0.05, 0) is 42.7 Å². The Balaban J connectivity index is 1.66. The zero-order chi connectivity index (χ0) is 16.9. The van der Waals surface area contributed by atoms with Gasteiger partial charge in [-0.25, -0.2) is 0 Å². The van der Waals surface area contributed by atoms with Crippen LogP contribution in [0.15, 0.2) is 48.5 Å². The summed E-state index contributed by atoms with van der Waals surface area (Å²) in [6.07, 6.45) is 1.15. The van der Waals surface area contributed by atoms with E-state index in [2.05, 4.69) is 4.90 Å². The Morgan fingerprint density at radius 3 is 2.75 bits per heavy atom. The third kappa shape index (κ3) is 3.68. The largest absolute Gasteiger partial charge is 0.491 e. The van der Waals surface area contributed by atoms with E-state index in [9.17, 15) is 9.90 Å². The third-order valence-corrected chi connectivity index (χ3v) is 4.23. The SMILES string of the molecule is NC(=O)c1cccc2c1CCCN2CC(O)COc1ccccc1. The van der Waals surface area contributed by atoms with Gasteiger partial charge in [0.2, 0.25) is 5.91 Å². The predicted octanol–water partition coefficient (Wildman–Crippen LogP) is 1.98. The number of aliphatic hydroxyl groups is 1. The van der Waals surface area contributed by atoms with Crippen molar-refractivity contribution < 1.29 is 14.6 Å². The van der Waals surface area contributed by atoms with Crippen molar-refractivity contribution in [3.8, 4) is 5.75 Å². The van der Waals surface area contributed by atoms with E-state index >= 15 is 0 Å². The molecule has 3 rings (SSSR count). The maximum absolute atomic E-state index is 11.6. The molecule has 1 atom stereocenters. The van der Waals surface area contributed by atoms with Crippen LogP contribution in [0.1, 0.15) is 22.3 Å². The van der Waals surface area contributed by atoms with Gasteiger partial charge in [-0.15, -0.1) is 0 Å². The Bertz CT molecular complexity index is 703. The minimum absolute atomic E-state index is 0.228. The maximum atomic E-state index is 11.6. The lowest BCUT2D eigenvalue weighted by Gasteiger charge is -2.33. The first-order valence-corrected chi connectivity index (χ1v) is 8.17. The first-order valence-electron chi connectivity index (χ1n) is 8.17. The number of fused-ring (bicyclic) bond motifs is 1. The van der Waals surface area contributed by atoms with Gasteiger partial charge in [0.1, 0.15) is 18.5 Å². The van der Waals surface area contributed by atoms with E-state index in [4.69, 9.17) is 10.5 Å². The van der Waals surface area contributed by atoms with Gasteiger partial charge in [0.15, 0.2) is 0 Å². The van der Waals surface area contributed by atoms with Gasteiger partial charge in [0.25, 0.3) is 0 Å². The first kappa shape index (κ1) is 16.3. The number of nitrogens with zero attached hydrogens (tertiary/aromatic N) is 1. The van der Waals surface area contributed by atoms with Gasteiger partial charge >= 0.3 is 0 Å². The van der Waals surface area contributed by atoms with Crippen LogP contribution < -0.4 is 15.4 Å². The van der Waals surface area contributed by atoms with Crippen LogP contribution in [0, 0.1) is 0 Å². The zero-order valence-electron chi connectivity index (χ0n) is 13.5. The smallest absolute Gasteiger partial charge is 0.249 e. The number of nitrogens with two attached hydrogens (primary N) is 1. The van der Waals surface area contributed by atoms with Gasteiger partial charge in [0.05, 0.1) is 0 Å². The molecule has 5 heteroatoms. The molecular weight excluding hydrogens is 304 g/mol. The lowest BCUT2D eigenvalue weighted by molar-refractivity contribution is 0.0999. The molecule has 1 aliphatic rings. The molecule has 2 aromatic carbocycles. The summed E-state index contributed by atoms with van der Waals surface area (Å²) in [7, 11) is 0. The van der Waals surface area contributed by atoms with Crippen molar-refractivity contribution in [3.63, 3.8) is 0 Å². The highest BCUT2D eigenvalue weighted by Gasteiger charge is 2.23. The molecule has 0 aliphatic carbocycles. The zero-order valence-corrected chi connectivity index (χ0v) is 13.5. The molecule has 1 unspecified atom stereocenters. The molecule has 0 spiro atoms. The molecule has 0 fully saturated rings. The van der Waals surface area contributed by atoms with E-state index in [0.29, 0.717) is 12.1 Å². The Morgan fingerprint density at radius 2 is 2.00 bits per heavy atom. The summed E-state index contributed by atoms with van der Waals surface area (Å²) in [5.74, 6) is 0.341. The number of aliphatic hydroxyl groups excluding tert-OH is 1. The lowest BCUT2D eigenvalue weighted by Crippen LogP contribution is -2.39. The second-order valence-corrected chi connectivity index (χ2v) is 5.99. The van der Waals surface area contributed by atoms with Crippen molar-refractivity contribution in [2.45, 2.75) is 18.9 Å². The summed E-state index contributed by atoms with van der Waals surface area (Å²) >= 11 is 0. The monoisotopic (exact) mass is 326 g/mol. The maximum Gasteiger partial charge on any atom is 0.249 e. The van der Waals surface area contributed by atoms with E-state index in [-0.39, 0.29) is 6.61 Å². The highest BCUT2D eigenvalue weighted by Crippen LogP contribution is 2.29. The van der Waals surface area contributed by atoms with Gasteiger partial charge in [-0.1, -0.05) is 24.3 Å². The van der Waals surface area contributed by atoms with Gasteiger partial charge in [-0.2, -0.15) is 0 Å². The Morgan fingerprint density at radius 1 is 1.21 bits per heavy atom. The van der Waals surface area contributed by atoms with Crippen molar-refractivity contribution >= 4 is 11.6 Å². The summed E-state index contributed by atoms with van der Waals surface area (Å²) < 4.78 is 5.61. The lowest BCUT2D eigenvalue weighted by atomic mass is 9.95. The topological polar surface area (TPSA) is 75.8 Å². The van der Waals surface area contributed by atoms with E-state index < -0.39 is 12.0 Å². The van der Waals surface area contributed by atoms with Crippen LogP contribution in [-0.4, -0.2) is 36.8 Å². The van der Waals surface area contributed by atoms with Crippen molar-refractivity contribution in [2.24, 2.45) is 5.73 Å². The van der Waals surface area contributed by atoms with Crippen molar-refractivity contribution in [2.75, 3.05) is 24.6 Å². The number of carbonyl (C=O) groups is 1.